The lowest BCUT2D eigenvalue weighted by Gasteiger charge is -2.14. The summed E-state index contributed by atoms with van der Waals surface area (Å²) in [5, 5.41) is 5.39. The molecule has 0 amide bonds. The van der Waals surface area contributed by atoms with E-state index in [2.05, 4.69) is 24.9 Å². The SMILES string of the molecule is CCC(CC)c1cc(C)nn2c(-c3[nH]c4cccc(F)c4c3C)c(C)nc12. The van der Waals surface area contributed by atoms with E-state index in [9.17, 15) is 4.39 Å². The molecule has 0 spiro atoms. The fraction of sp³-hybridized carbons (Fsp3) is 0.364. The maximum atomic E-state index is 14.4. The van der Waals surface area contributed by atoms with Crippen molar-refractivity contribution in [2.75, 3.05) is 0 Å². The third-order valence-electron chi connectivity index (χ3n) is 5.59. The van der Waals surface area contributed by atoms with Crippen molar-refractivity contribution >= 4 is 16.6 Å². The van der Waals surface area contributed by atoms with Crippen molar-refractivity contribution in [3.63, 3.8) is 0 Å². The number of hydrogen-bond acceptors (Lipinski definition) is 2. The molecule has 27 heavy (non-hydrogen) atoms. The van der Waals surface area contributed by atoms with Gasteiger partial charge in [0.15, 0.2) is 5.65 Å². The van der Waals surface area contributed by atoms with Gasteiger partial charge in [-0.2, -0.15) is 5.10 Å². The number of H-pyrrole nitrogens is 1. The summed E-state index contributed by atoms with van der Waals surface area (Å²) in [7, 11) is 0. The lowest BCUT2D eigenvalue weighted by Crippen LogP contribution is -2.05. The summed E-state index contributed by atoms with van der Waals surface area (Å²) < 4.78 is 16.3. The first-order chi connectivity index (χ1) is 13.0. The smallest absolute Gasteiger partial charge is 0.158 e. The molecule has 4 rings (SSSR count). The van der Waals surface area contributed by atoms with Crippen LogP contribution in [0.3, 0.4) is 0 Å². The van der Waals surface area contributed by atoms with E-state index < -0.39 is 0 Å². The minimum Gasteiger partial charge on any atom is -0.353 e. The topological polar surface area (TPSA) is 46.0 Å². The van der Waals surface area contributed by atoms with Crippen molar-refractivity contribution in [2.24, 2.45) is 0 Å². The first-order valence-corrected chi connectivity index (χ1v) is 9.60. The van der Waals surface area contributed by atoms with Crippen LogP contribution >= 0.6 is 0 Å². The van der Waals surface area contributed by atoms with Gasteiger partial charge in [-0.05, 0) is 63.3 Å². The van der Waals surface area contributed by atoms with Gasteiger partial charge in [0, 0.05) is 16.5 Å². The molecule has 3 aromatic heterocycles. The summed E-state index contributed by atoms with van der Waals surface area (Å²) in [6.45, 7) is 10.4. The molecular formula is C22H25FN4. The quantitative estimate of drug-likeness (QED) is 0.494. The van der Waals surface area contributed by atoms with Gasteiger partial charge in [-0.15, -0.1) is 0 Å². The van der Waals surface area contributed by atoms with E-state index >= 15 is 0 Å². The molecule has 4 nitrogen and oxygen atoms in total. The Bertz CT molecular complexity index is 1150. The average molecular weight is 364 g/mol. The summed E-state index contributed by atoms with van der Waals surface area (Å²) in [5.41, 5.74) is 7.48. The summed E-state index contributed by atoms with van der Waals surface area (Å²) >= 11 is 0. The van der Waals surface area contributed by atoms with Crippen LogP contribution in [0, 0.1) is 26.6 Å². The van der Waals surface area contributed by atoms with Crippen molar-refractivity contribution in [3.05, 3.63) is 52.6 Å². The number of fused-ring (bicyclic) bond motifs is 2. The van der Waals surface area contributed by atoms with Crippen LogP contribution in [0.25, 0.3) is 27.9 Å². The number of hydrogen-bond donors (Lipinski definition) is 1. The van der Waals surface area contributed by atoms with Crippen molar-refractivity contribution < 1.29 is 4.39 Å². The monoisotopic (exact) mass is 364 g/mol. The van der Waals surface area contributed by atoms with Crippen LogP contribution in [0.2, 0.25) is 0 Å². The highest BCUT2D eigenvalue weighted by Crippen LogP contribution is 2.35. The largest absolute Gasteiger partial charge is 0.353 e. The van der Waals surface area contributed by atoms with Crippen LogP contribution in [0.1, 0.15) is 55.1 Å². The number of nitrogens with zero attached hydrogens (tertiary/aromatic N) is 3. The molecule has 0 radical (unpaired) electrons. The molecule has 0 aliphatic rings. The van der Waals surface area contributed by atoms with Crippen molar-refractivity contribution in [1.29, 1.82) is 0 Å². The van der Waals surface area contributed by atoms with E-state index in [4.69, 9.17) is 10.1 Å². The molecule has 0 aliphatic carbocycles. The molecule has 0 saturated heterocycles. The van der Waals surface area contributed by atoms with Crippen LogP contribution in [-0.2, 0) is 0 Å². The Morgan fingerprint density at radius 1 is 1.15 bits per heavy atom. The predicted octanol–water partition coefficient (Wildman–Crippen LogP) is 5.85. The van der Waals surface area contributed by atoms with E-state index in [1.165, 1.54) is 11.6 Å². The molecule has 0 aliphatic heterocycles. The number of aromatic amines is 1. The molecule has 0 fully saturated rings. The van der Waals surface area contributed by atoms with Gasteiger partial charge in [-0.1, -0.05) is 19.9 Å². The van der Waals surface area contributed by atoms with Crippen molar-refractivity contribution in [3.8, 4) is 11.4 Å². The van der Waals surface area contributed by atoms with Crippen molar-refractivity contribution in [1.82, 2.24) is 19.6 Å². The zero-order valence-corrected chi connectivity index (χ0v) is 16.5. The second-order valence-corrected chi connectivity index (χ2v) is 7.32. The Hall–Kier alpha value is -2.69. The Kier molecular flexibility index (Phi) is 4.25. The second-order valence-electron chi connectivity index (χ2n) is 7.32. The number of aromatic nitrogens is 4. The summed E-state index contributed by atoms with van der Waals surface area (Å²) in [4.78, 5) is 8.26. The molecule has 1 N–H and O–H groups in total. The van der Waals surface area contributed by atoms with E-state index in [-0.39, 0.29) is 5.82 Å². The zero-order valence-electron chi connectivity index (χ0n) is 16.5. The van der Waals surface area contributed by atoms with Gasteiger partial charge in [0.2, 0.25) is 0 Å². The predicted molar refractivity (Wildman–Crippen MR) is 108 cm³/mol. The molecule has 1 aromatic carbocycles. The molecule has 140 valence electrons. The van der Waals surface area contributed by atoms with Crippen LogP contribution in [0.4, 0.5) is 4.39 Å². The van der Waals surface area contributed by atoms with Crippen LogP contribution < -0.4 is 0 Å². The Labute approximate surface area is 158 Å². The first-order valence-electron chi connectivity index (χ1n) is 9.60. The molecule has 0 atom stereocenters. The maximum Gasteiger partial charge on any atom is 0.158 e. The second kappa shape index (κ2) is 6.48. The van der Waals surface area contributed by atoms with Crippen LogP contribution in [0.15, 0.2) is 24.3 Å². The highest BCUT2D eigenvalue weighted by molar-refractivity contribution is 5.91. The Morgan fingerprint density at radius 3 is 2.56 bits per heavy atom. The lowest BCUT2D eigenvalue weighted by molar-refractivity contribution is 0.638. The summed E-state index contributed by atoms with van der Waals surface area (Å²) in [5.74, 6) is 0.242. The normalized spacial score (nSPS) is 12.0. The van der Waals surface area contributed by atoms with Gasteiger partial charge >= 0.3 is 0 Å². The Balaban J connectivity index is 2.05. The summed E-state index contributed by atoms with van der Waals surface area (Å²) in [6.07, 6.45) is 2.13. The number of halogens is 1. The van der Waals surface area contributed by atoms with Gasteiger partial charge in [-0.25, -0.2) is 13.9 Å². The highest BCUT2D eigenvalue weighted by Gasteiger charge is 2.22. The molecule has 4 aromatic rings. The number of nitrogens with one attached hydrogen (secondary N) is 1. The molecule has 5 heteroatoms. The highest BCUT2D eigenvalue weighted by atomic mass is 19.1. The van der Waals surface area contributed by atoms with Gasteiger partial charge in [0.1, 0.15) is 11.5 Å². The lowest BCUT2D eigenvalue weighted by atomic mass is 9.95. The minimum atomic E-state index is -0.208. The molecular weight excluding hydrogens is 339 g/mol. The van der Waals surface area contributed by atoms with Gasteiger partial charge in [-0.3, -0.25) is 0 Å². The number of benzene rings is 1. The van der Waals surface area contributed by atoms with E-state index in [0.29, 0.717) is 11.3 Å². The van der Waals surface area contributed by atoms with E-state index in [0.717, 1.165) is 52.3 Å². The van der Waals surface area contributed by atoms with Gasteiger partial charge < -0.3 is 4.98 Å². The Morgan fingerprint density at radius 2 is 1.89 bits per heavy atom. The molecule has 0 unspecified atom stereocenters. The maximum absolute atomic E-state index is 14.4. The van der Waals surface area contributed by atoms with Gasteiger partial charge in [0.25, 0.3) is 0 Å². The number of rotatable bonds is 4. The molecule has 0 bridgehead atoms. The number of imidazole rings is 1. The van der Waals surface area contributed by atoms with Gasteiger partial charge in [0.05, 0.1) is 17.1 Å². The fourth-order valence-electron chi connectivity index (χ4n) is 4.19. The average Bonchev–Trinajstić information content (AvgIpc) is 3.13. The third kappa shape index (κ3) is 2.64. The first kappa shape index (κ1) is 17.7. The number of aryl methyl sites for hydroxylation is 3. The third-order valence-corrected chi connectivity index (χ3v) is 5.59. The standard InChI is InChI=1S/C22H25FN4/c1-6-15(7-2)16-11-12(3)26-27-21(14(5)24-22(16)27)20-13(4)19-17(23)9-8-10-18(19)25-20/h8-11,15,25H,6-7H2,1-5H3. The van der Waals surface area contributed by atoms with E-state index in [1.807, 2.05) is 31.4 Å². The molecule has 3 heterocycles. The van der Waals surface area contributed by atoms with E-state index in [1.54, 1.807) is 6.07 Å². The van der Waals surface area contributed by atoms with Crippen LogP contribution in [0.5, 0.6) is 0 Å². The molecule has 0 saturated carbocycles. The van der Waals surface area contributed by atoms with Crippen molar-refractivity contribution in [2.45, 2.75) is 53.4 Å². The minimum absolute atomic E-state index is 0.208. The summed E-state index contributed by atoms with van der Waals surface area (Å²) in [6, 6.07) is 7.29. The fourth-order valence-corrected chi connectivity index (χ4v) is 4.19. The zero-order chi connectivity index (χ0) is 19.3. The van der Waals surface area contributed by atoms with Crippen LogP contribution in [-0.4, -0.2) is 19.6 Å².